The molecule has 2 rings (SSSR count). The highest BCUT2D eigenvalue weighted by molar-refractivity contribution is 5.90. The summed E-state index contributed by atoms with van der Waals surface area (Å²) in [6.07, 6.45) is 9.38. The van der Waals surface area contributed by atoms with Crippen molar-refractivity contribution in [3.05, 3.63) is 35.9 Å². The molecule has 0 radical (unpaired) electrons. The molecule has 1 aromatic rings. The van der Waals surface area contributed by atoms with Gasteiger partial charge in [0.25, 0.3) is 0 Å². The molecule has 1 aromatic carbocycles. The van der Waals surface area contributed by atoms with Crippen molar-refractivity contribution in [1.29, 1.82) is 0 Å². The molecule has 4 amide bonds. The van der Waals surface area contributed by atoms with E-state index in [1.807, 2.05) is 30.3 Å². The number of nitrogens with zero attached hydrogens (tertiary/aromatic N) is 4. The summed E-state index contributed by atoms with van der Waals surface area (Å²) < 4.78 is 0. The van der Waals surface area contributed by atoms with E-state index in [-0.39, 0.29) is 37.7 Å². The fraction of sp³-hybridized carbons (Fsp3) is 0.556. The topological polar surface area (TPSA) is 114 Å². The van der Waals surface area contributed by atoms with Gasteiger partial charge >= 0.3 is 12.0 Å². The molecule has 1 fully saturated rings. The molecule has 0 unspecified atom stereocenters. The van der Waals surface area contributed by atoms with Crippen LogP contribution in [0.2, 0.25) is 0 Å². The lowest BCUT2D eigenvalue weighted by molar-refractivity contribution is -0.154. The molecule has 1 atom stereocenters. The predicted octanol–water partition coefficient (Wildman–Crippen LogP) is 2.16. The van der Waals surface area contributed by atoms with Crippen LogP contribution in [-0.2, 0) is 20.9 Å². The van der Waals surface area contributed by atoms with Crippen LogP contribution in [0.25, 0.3) is 0 Å². The molecular formula is C27H39N5O5. The zero-order valence-electron chi connectivity index (χ0n) is 21.9. The molecular weight excluding hydrogens is 474 g/mol. The van der Waals surface area contributed by atoms with Gasteiger partial charge in [-0.1, -0.05) is 62.4 Å². The number of piperazine rings is 1. The maximum absolute atomic E-state index is 13.3. The first-order valence-electron chi connectivity index (χ1n) is 12.8. The highest BCUT2D eigenvalue weighted by atomic mass is 16.4. The smallest absolute Gasteiger partial charge is 0.331 e. The number of nitrogens with one attached hydrogen (secondary N) is 1. The van der Waals surface area contributed by atoms with Crippen molar-refractivity contribution in [3.63, 3.8) is 0 Å². The van der Waals surface area contributed by atoms with E-state index >= 15 is 0 Å². The number of hydrazine groups is 1. The second kappa shape index (κ2) is 15.5. The SMILES string of the molecule is C#CCN(CC(=O)N1CCN(CCCCCC)C(=O)[C@@H]1CCC(=O)O)N(C)C(=O)NCc1ccccc1. The third-order valence-electron chi connectivity index (χ3n) is 6.41. The van der Waals surface area contributed by atoms with E-state index in [1.165, 1.54) is 22.0 Å². The number of urea groups is 1. The lowest BCUT2D eigenvalue weighted by atomic mass is 10.0. The van der Waals surface area contributed by atoms with Crippen LogP contribution in [0.5, 0.6) is 0 Å². The minimum Gasteiger partial charge on any atom is -0.481 e. The molecule has 0 aromatic heterocycles. The first-order chi connectivity index (χ1) is 17.8. The second-order valence-corrected chi connectivity index (χ2v) is 9.12. The fourth-order valence-corrected chi connectivity index (χ4v) is 4.26. The van der Waals surface area contributed by atoms with Gasteiger partial charge in [0.1, 0.15) is 6.04 Å². The van der Waals surface area contributed by atoms with E-state index in [2.05, 4.69) is 18.2 Å². The maximum atomic E-state index is 13.3. The number of amides is 4. The Morgan fingerprint density at radius 2 is 1.89 bits per heavy atom. The normalized spacial score (nSPS) is 15.4. The van der Waals surface area contributed by atoms with E-state index in [1.54, 1.807) is 4.90 Å². The molecule has 1 heterocycles. The largest absolute Gasteiger partial charge is 0.481 e. The zero-order valence-corrected chi connectivity index (χ0v) is 21.9. The number of aliphatic carboxylic acids is 1. The average Bonchev–Trinajstić information content (AvgIpc) is 2.89. The summed E-state index contributed by atoms with van der Waals surface area (Å²) in [5.41, 5.74) is 0.927. The summed E-state index contributed by atoms with van der Waals surface area (Å²) in [4.78, 5) is 53.7. The predicted molar refractivity (Wildman–Crippen MR) is 140 cm³/mol. The molecule has 1 aliphatic rings. The number of rotatable bonds is 14. The first-order valence-corrected chi connectivity index (χ1v) is 12.8. The van der Waals surface area contributed by atoms with Crippen LogP contribution in [-0.4, -0.2) is 94.6 Å². The Balaban J connectivity index is 2.05. The van der Waals surface area contributed by atoms with Crippen LogP contribution >= 0.6 is 0 Å². The number of carboxylic acids is 1. The Hall–Kier alpha value is -3.58. The highest BCUT2D eigenvalue weighted by Crippen LogP contribution is 2.18. The fourth-order valence-electron chi connectivity index (χ4n) is 4.26. The highest BCUT2D eigenvalue weighted by Gasteiger charge is 2.38. The van der Waals surface area contributed by atoms with Gasteiger partial charge in [0.05, 0.1) is 13.1 Å². The van der Waals surface area contributed by atoms with E-state index in [0.29, 0.717) is 26.2 Å². The van der Waals surface area contributed by atoms with Gasteiger partial charge in [0, 0.05) is 39.6 Å². The Morgan fingerprint density at radius 1 is 1.16 bits per heavy atom. The van der Waals surface area contributed by atoms with Crippen LogP contribution in [0.15, 0.2) is 30.3 Å². The van der Waals surface area contributed by atoms with E-state index < -0.39 is 18.0 Å². The standard InChI is InChI=1S/C27H39N5O5/c1-4-6-7-11-17-30-18-19-32(23(26(30)36)14-15-25(34)35)24(33)21-31(16-5-2)29(3)27(37)28-20-22-12-9-8-10-13-22/h2,8-10,12-13,23H,4,6-7,11,14-21H2,1,3H3,(H,28,37)(H,34,35)/t23-/m0/s1. The number of hydrogen-bond donors (Lipinski definition) is 2. The van der Waals surface area contributed by atoms with Gasteiger partial charge in [-0.25, -0.2) is 4.79 Å². The van der Waals surface area contributed by atoms with Crippen molar-refractivity contribution in [1.82, 2.24) is 25.1 Å². The Kier molecular flexibility index (Phi) is 12.4. The van der Waals surface area contributed by atoms with E-state index in [9.17, 15) is 24.3 Å². The molecule has 202 valence electrons. The Bertz CT molecular complexity index is 948. The molecule has 1 aliphatic heterocycles. The maximum Gasteiger partial charge on any atom is 0.331 e. The summed E-state index contributed by atoms with van der Waals surface area (Å²) >= 11 is 0. The molecule has 2 N–H and O–H groups in total. The lowest BCUT2D eigenvalue weighted by Crippen LogP contribution is -2.61. The minimum atomic E-state index is -1.02. The van der Waals surface area contributed by atoms with Gasteiger partial charge in [-0.15, -0.1) is 6.42 Å². The van der Waals surface area contributed by atoms with Gasteiger partial charge in [-0.2, -0.15) is 5.01 Å². The van der Waals surface area contributed by atoms with Crippen molar-refractivity contribution < 1.29 is 24.3 Å². The number of terminal acetylenes is 1. The summed E-state index contributed by atoms with van der Waals surface area (Å²) in [7, 11) is 1.52. The van der Waals surface area contributed by atoms with Gasteiger partial charge in [0.2, 0.25) is 11.8 Å². The Morgan fingerprint density at radius 3 is 2.54 bits per heavy atom. The van der Waals surface area contributed by atoms with Gasteiger partial charge < -0.3 is 20.2 Å². The van der Waals surface area contributed by atoms with Crippen LogP contribution in [0.3, 0.4) is 0 Å². The number of carbonyl (C=O) groups is 4. The summed E-state index contributed by atoms with van der Waals surface area (Å²) in [6.45, 7) is 3.51. The zero-order chi connectivity index (χ0) is 27.2. The van der Waals surface area contributed by atoms with Crippen LogP contribution in [0.1, 0.15) is 51.0 Å². The van der Waals surface area contributed by atoms with Crippen LogP contribution in [0, 0.1) is 12.3 Å². The third-order valence-corrected chi connectivity index (χ3v) is 6.41. The van der Waals surface area contributed by atoms with Crippen molar-refractivity contribution in [2.75, 3.05) is 39.8 Å². The molecule has 0 aliphatic carbocycles. The monoisotopic (exact) mass is 513 g/mol. The van der Waals surface area contributed by atoms with Gasteiger partial charge in [0.15, 0.2) is 0 Å². The van der Waals surface area contributed by atoms with Crippen LogP contribution in [0.4, 0.5) is 4.79 Å². The van der Waals surface area contributed by atoms with Crippen molar-refractivity contribution >= 4 is 23.8 Å². The summed E-state index contributed by atoms with van der Waals surface area (Å²) in [5, 5.41) is 14.7. The quantitative estimate of drug-likeness (QED) is 0.224. The number of hydrogen-bond acceptors (Lipinski definition) is 5. The van der Waals surface area contributed by atoms with E-state index in [0.717, 1.165) is 31.2 Å². The number of unbranched alkanes of at least 4 members (excludes halogenated alkanes) is 3. The number of carbonyl (C=O) groups excluding carboxylic acids is 3. The third kappa shape index (κ3) is 9.42. The molecule has 37 heavy (non-hydrogen) atoms. The molecule has 10 heteroatoms. The van der Waals surface area contributed by atoms with E-state index in [4.69, 9.17) is 6.42 Å². The summed E-state index contributed by atoms with van der Waals surface area (Å²) in [6, 6.07) is 8.14. The van der Waals surface area contributed by atoms with Crippen molar-refractivity contribution in [2.45, 2.75) is 58.0 Å². The molecule has 1 saturated heterocycles. The summed E-state index contributed by atoms with van der Waals surface area (Å²) in [5.74, 6) is 0.834. The Labute approximate surface area is 219 Å². The lowest BCUT2D eigenvalue weighted by Gasteiger charge is -2.42. The molecule has 0 bridgehead atoms. The number of carboxylic acid groups (broad SMARTS) is 1. The molecule has 10 nitrogen and oxygen atoms in total. The molecule has 0 saturated carbocycles. The van der Waals surface area contributed by atoms with Crippen molar-refractivity contribution in [3.8, 4) is 12.3 Å². The van der Waals surface area contributed by atoms with Gasteiger partial charge in [-0.05, 0) is 18.4 Å². The van der Waals surface area contributed by atoms with Crippen LogP contribution < -0.4 is 5.32 Å². The first kappa shape index (κ1) is 29.6. The van der Waals surface area contributed by atoms with Crippen molar-refractivity contribution in [2.24, 2.45) is 0 Å². The second-order valence-electron chi connectivity index (χ2n) is 9.12. The molecule has 0 spiro atoms. The minimum absolute atomic E-state index is 0.00608. The average molecular weight is 514 g/mol. The number of benzene rings is 1. The van der Waals surface area contributed by atoms with Gasteiger partial charge in [-0.3, -0.25) is 19.4 Å².